The number of rotatable bonds is 4. The summed E-state index contributed by atoms with van der Waals surface area (Å²) in [6.07, 6.45) is 1.51. The average molecular weight is 246 g/mol. The summed E-state index contributed by atoms with van der Waals surface area (Å²) in [5.74, 6) is 1.52. The summed E-state index contributed by atoms with van der Waals surface area (Å²) < 4.78 is 4.86. The number of carbonyl (C=O) groups excluding carboxylic acids is 1. The van der Waals surface area contributed by atoms with E-state index < -0.39 is 0 Å². The van der Waals surface area contributed by atoms with E-state index in [1.807, 2.05) is 6.92 Å². The predicted octanol–water partition coefficient (Wildman–Crippen LogP) is 2.06. The molecule has 0 aromatic carbocycles. The number of carbonyl (C=O) groups is 1. The zero-order chi connectivity index (χ0) is 13.0. The number of amides is 1. The number of aromatic nitrogens is 2. The van der Waals surface area contributed by atoms with E-state index in [1.54, 1.807) is 25.1 Å². The van der Waals surface area contributed by atoms with Gasteiger partial charge < -0.3 is 15.2 Å². The van der Waals surface area contributed by atoms with E-state index in [1.165, 1.54) is 6.20 Å². The smallest absolute Gasteiger partial charge is 0.258 e. The van der Waals surface area contributed by atoms with Crippen molar-refractivity contribution in [2.45, 2.75) is 13.8 Å². The van der Waals surface area contributed by atoms with Crippen LogP contribution in [0.15, 0.2) is 28.9 Å². The van der Waals surface area contributed by atoms with Gasteiger partial charge in [-0.3, -0.25) is 4.79 Å². The molecule has 0 spiro atoms. The normalized spacial score (nSPS) is 10.1. The van der Waals surface area contributed by atoms with Crippen molar-refractivity contribution in [1.82, 2.24) is 10.1 Å². The van der Waals surface area contributed by atoms with Crippen molar-refractivity contribution in [3.63, 3.8) is 0 Å². The van der Waals surface area contributed by atoms with Crippen molar-refractivity contribution in [3.05, 3.63) is 35.7 Å². The standard InChI is InChI=1S/C12H14N4O2/c1-3-13-10-5-4-9(7-14-10)12(17)15-11-6-8(2)18-16-11/h4-7H,3H2,1-2H3,(H,13,14)(H,15,16,17). The first-order valence-electron chi connectivity index (χ1n) is 5.63. The van der Waals surface area contributed by atoms with Crippen molar-refractivity contribution in [2.24, 2.45) is 0 Å². The van der Waals surface area contributed by atoms with Gasteiger partial charge in [-0.25, -0.2) is 4.98 Å². The van der Waals surface area contributed by atoms with Gasteiger partial charge in [-0.1, -0.05) is 5.16 Å². The molecule has 18 heavy (non-hydrogen) atoms. The molecule has 2 N–H and O–H groups in total. The second-order valence-corrected chi connectivity index (χ2v) is 3.74. The number of hydrogen-bond acceptors (Lipinski definition) is 5. The lowest BCUT2D eigenvalue weighted by Crippen LogP contribution is -2.12. The number of aryl methyl sites for hydroxylation is 1. The van der Waals surface area contributed by atoms with Crippen LogP contribution in [0.3, 0.4) is 0 Å². The molecule has 6 nitrogen and oxygen atoms in total. The highest BCUT2D eigenvalue weighted by molar-refractivity contribution is 6.03. The first-order chi connectivity index (χ1) is 8.69. The number of hydrogen-bond donors (Lipinski definition) is 2. The first-order valence-corrected chi connectivity index (χ1v) is 5.63. The van der Waals surface area contributed by atoms with E-state index in [0.29, 0.717) is 17.1 Å². The number of nitrogens with one attached hydrogen (secondary N) is 2. The lowest BCUT2D eigenvalue weighted by Gasteiger charge is -2.03. The maximum Gasteiger partial charge on any atom is 0.258 e. The molecule has 2 heterocycles. The summed E-state index contributed by atoms with van der Waals surface area (Å²) in [5, 5.41) is 9.37. The van der Waals surface area contributed by atoms with E-state index in [9.17, 15) is 4.79 Å². The Kier molecular flexibility index (Phi) is 3.57. The molecule has 0 aliphatic carbocycles. The van der Waals surface area contributed by atoms with Crippen LogP contribution < -0.4 is 10.6 Å². The van der Waals surface area contributed by atoms with Gasteiger partial charge in [0, 0.05) is 18.8 Å². The Morgan fingerprint density at radius 3 is 2.78 bits per heavy atom. The van der Waals surface area contributed by atoms with Crippen molar-refractivity contribution in [1.29, 1.82) is 0 Å². The first kappa shape index (κ1) is 12.1. The molecular weight excluding hydrogens is 232 g/mol. The largest absolute Gasteiger partial charge is 0.370 e. The van der Waals surface area contributed by atoms with Crippen molar-refractivity contribution >= 4 is 17.5 Å². The summed E-state index contributed by atoms with van der Waals surface area (Å²) in [6, 6.07) is 5.11. The molecule has 0 bridgehead atoms. The van der Waals surface area contributed by atoms with Crippen molar-refractivity contribution in [2.75, 3.05) is 17.2 Å². The number of nitrogens with zero attached hydrogens (tertiary/aromatic N) is 2. The molecule has 94 valence electrons. The summed E-state index contributed by atoms with van der Waals surface area (Å²) in [7, 11) is 0. The Morgan fingerprint density at radius 1 is 1.39 bits per heavy atom. The Morgan fingerprint density at radius 2 is 2.22 bits per heavy atom. The molecule has 1 amide bonds. The van der Waals surface area contributed by atoms with Crippen LogP contribution in [0, 0.1) is 6.92 Å². The van der Waals surface area contributed by atoms with Crippen molar-refractivity contribution < 1.29 is 9.32 Å². The monoisotopic (exact) mass is 246 g/mol. The zero-order valence-electron chi connectivity index (χ0n) is 10.2. The van der Waals surface area contributed by atoms with Gasteiger partial charge >= 0.3 is 0 Å². The van der Waals surface area contributed by atoms with Gasteiger partial charge in [-0.05, 0) is 26.0 Å². The summed E-state index contributed by atoms with van der Waals surface area (Å²) in [4.78, 5) is 16.0. The van der Waals surface area contributed by atoms with Gasteiger partial charge in [-0.15, -0.1) is 0 Å². The average Bonchev–Trinajstić information content (AvgIpc) is 2.76. The molecular formula is C12H14N4O2. The molecule has 0 radical (unpaired) electrons. The maximum absolute atomic E-state index is 11.8. The molecule has 0 atom stereocenters. The third-order valence-electron chi connectivity index (χ3n) is 2.25. The second kappa shape index (κ2) is 5.31. The van der Waals surface area contributed by atoms with Crippen LogP contribution >= 0.6 is 0 Å². The van der Waals surface area contributed by atoms with Crippen LogP contribution in [-0.2, 0) is 0 Å². The molecule has 0 saturated heterocycles. The third-order valence-corrected chi connectivity index (χ3v) is 2.25. The van der Waals surface area contributed by atoms with E-state index in [-0.39, 0.29) is 5.91 Å². The minimum atomic E-state index is -0.265. The van der Waals surface area contributed by atoms with E-state index >= 15 is 0 Å². The van der Waals surface area contributed by atoms with Crippen LogP contribution in [0.5, 0.6) is 0 Å². The Balaban J connectivity index is 2.04. The summed E-state index contributed by atoms with van der Waals surface area (Å²) in [6.45, 7) is 4.53. The van der Waals surface area contributed by atoms with Crippen LogP contribution in [0.4, 0.5) is 11.6 Å². The van der Waals surface area contributed by atoms with Gasteiger partial charge in [0.2, 0.25) is 0 Å². The lowest BCUT2D eigenvalue weighted by atomic mass is 10.2. The molecule has 0 fully saturated rings. The zero-order valence-corrected chi connectivity index (χ0v) is 10.2. The highest BCUT2D eigenvalue weighted by atomic mass is 16.5. The third kappa shape index (κ3) is 2.85. The highest BCUT2D eigenvalue weighted by Crippen LogP contribution is 2.10. The predicted molar refractivity (Wildman–Crippen MR) is 67.6 cm³/mol. The van der Waals surface area contributed by atoms with Crippen LogP contribution in [-0.4, -0.2) is 22.6 Å². The fraction of sp³-hybridized carbons (Fsp3) is 0.250. The van der Waals surface area contributed by atoms with Crippen LogP contribution in [0.25, 0.3) is 0 Å². The SMILES string of the molecule is CCNc1ccc(C(=O)Nc2cc(C)on2)cn1. The van der Waals surface area contributed by atoms with Gasteiger partial charge in [0.05, 0.1) is 5.56 Å². The molecule has 2 rings (SSSR count). The van der Waals surface area contributed by atoms with E-state index in [2.05, 4.69) is 20.8 Å². The molecule has 0 aliphatic rings. The quantitative estimate of drug-likeness (QED) is 0.863. The minimum absolute atomic E-state index is 0.265. The molecule has 6 heteroatoms. The molecule has 0 aliphatic heterocycles. The van der Waals surface area contributed by atoms with Crippen molar-refractivity contribution in [3.8, 4) is 0 Å². The Labute approximate surface area is 104 Å². The van der Waals surface area contributed by atoms with Gasteiger partial charge in [0.1, 0.15) is 11.6 Å². The molecule has 2 aromatic rings. The topological polar surface area (TPSA) is 80.0 Å². The second-order valence-electron chi connectivity index (χ2n) is 3.74. The highest BCUT2D eigenvalue weighted by Gasteiger charge is 2.09. The molecule has 0 saturated carbocycles. The maximum atomic E-state index is 11.8. The Hall–Kier alpha value is -2.37. The molecule has 2 aromatic heterocycles. The molecule has 0 unspecified atom stereocenters. The van der Waals surface area contributed by atoms with Crippen LogP contribution in [0.1, 0.15) is 23.0 Å². The van der Waals surface area contributed by atoms with Crippen LogP contribution in [0.2, 0.25) is 0 Å². The number of pyridine rings is 1. The lowest BCUT2D eigenvalue weighted by molar-refractivity contribution is 0.102. The summed E-state index contributed by atoms with van der Waals surface area (Å²) in [5.41, 5.74) is 0.470. The van der Waals surface area contributed by atoms with E-state index in [0.717, 1.165) is 12.4 Å². The van der Waals surface area contributed by atoms with E-state index in [4.69, 9.17) is 4.52 Å². The minimum Gasteiger partial charge on any atom is -0.370 e. The fourth-order valence-electron chi connectivity index (χ4n) is 1.43. The van der Waals surface area contributed by atoms with Gasteiger partial charge in [0.25, 0.3) is 5.91 Å². The number of anilines is 2. The fourth-order valence-corrected chi connectivity index (χ4v) is 1.43. The Bertz CT molecular complexity index is 533. The van der Waals surface area contributed by atoms with Gasteiger partial charge in [-0.2, -0.15) is 0 Å². The summed E-state index contributed by atoms with van der Waals surface area (Å²) >= 11 is 0. The van der Waals surface area contributed by atoms with Gasteiger partial charge in [0.15, 0.2) is 5.82 Å².